The molecule has 6 heteroatoms. The van der Waals surface area contributed by atoms with Crippen LogP contribution < -0.4 is 10.4 Å². The van der Waals surface area contributed by atoms with Gasteiger partial charge in [0.15, 0.2) is 0 Å². The third kappa shape index (κ3) is 15.2. The summed E-state index contributed by atoms with van der Waals surface area (Å²) in [6, 6.07) is 39.4. The van der Waals surface area contributed by atoms with E-state index in [9.17, 15) is 4.79 Å². The minimum Gasteiger partial charge on any atom is -0.179 e. The predicted molar refractivity (Wildman–Crippen MR) is 176 cm³/mol. The third-order valence-electron chi connectivity index (χ3n) is 6.56. The number of amides is 1. The molecule has 2 nitrogen and oxygen atoms in total. The van der Waals surface area contributed by atoms with Crippen LogP contribution >= 0.6 is 17.0 Å². The number of carbonyl (C=O) groups is 1. The molecule has 0 bridgehead atoms. The molecule has 0 saturated heterocycles. The van der Waals surface area contributed by atoms with Crippen LogP contribution in [0.1, 0.15) is 69.4 Å². The number of unbranched alkanes of at least 4 members (excludes halogenated alkanes) is 6. The molecule has 0 unspecified atom stereocenters. The normalized spacial score (nSPS) is 10.2. The van der Waals surface area contributed by atoms with Gasteiger partial charge in [-0.05, 0) is 19.3 Å². The molecule has 0 heterocycles. The topological polar surface area (TPSA) is 40.9 Å². The molecule has 0 fully saturated rings. The van der Waals surface area contributed by atoms with Gasteiger partial charge in [-0.15, -0.1) is 5.56 Å². The van der Waals surface area contributed by atoms with Gasteiger partial charge in [-0.2, -0.15) is 29.8 Å². The SMILES string of the molecule is CCCCCCCCCC([NH-])=O.[Cl][Zr+2][Cl].[c-]1cccc2c1Cc1ccccc1-2.c1ccc([SiH]c2ccccc2)cc1. The molecule has 4 aromatic rings. The van der Waals surface area contributed by atoms with E-state index >= 15 is 0 Å². The molecule has 0 aromatic heterocycles. The van der Waals surface area contributed by atoms with Crippen LogP contribution in [0.2, 0.25) is 0 Å². The average Bonchev–Trinajstić information content (AvgIpc) is 3.38. The van der Waals surface area contributed by atoms with Gasteiger partial charge in [0, 0.05) is 5.91 Å². The van der Waals surface area contributed by atoms with Gasteiger partial charge in [-0.1, -0.05) is 152 Å². The smallest absolute Gasteiger partial charge is 0.103 e. The molecule has 0 atom stereocenters. The molecular formula is C35H40Cl2NOSiZr. The van der Waals surface area contributed by atoms with Crippen molar-refractivity contribution in [3.05, 3.63) is 126 Å². The summed E-state index contributed by atoms with van der Waals surface area (Å²) >= 11 is -0.826. The van der Waals surface area contributed by atoms with Crippen LogP contribution in [0.5, 0.6) is 0 Å². The minimum atomic E-state index is -0.826. The van der Waals surface area contributed by atoms with Crippen molar-refractivity contribution in [3.63, 3.8) is 0 Å². The Kier molecular flexibility index (Phi) is 19.4. The first-order valence-electron chi connectivity index (χ1n) is 14.3. The van der Waals surface area contributed by atoms with Crippen molar-refractivity contribution in [2.75, 3.05) is 0 Å². The zero-order valence-electron chi connectivity index (χ0n) is 23.9. The van der Waals surface area contributed by atoms with E-state index in [0.29, 0.717) is 6.42 Å². The fourth-order valence-electron chi connectivity index (χ4n) is 4.53. The van der Waals surface area contributed by atoms with Crippen LogP contribution in [0.25, 0.3) is 16.9 Å². The molecule has 0 spiro atoms. The van der Waals surface area contributed by atoms with E-state index in [4.69, 9.17) is 22.8 Å². The molecular weight excluding hydrogens is 641 g/mol. The van der Waals surface area contributed by atoms with Gasteiger partial charge >= 0.3 is 37.9 Å². The summed E-state index contributed by atoms with van der Waals surface area (Å²) in [5.74, 6) is -0.413. The van der Waals surface area contributed by atoms with Crippen LogP contribution in [-0.2, 0) is 32.1 Å². The van der Waals surface area contributed by atoms with Crippen molar-refractivity contribution < 1.29 is 25.6 Å². The Balaban J connectivity index is 0.000000205. The van der Waals surface area contributed by atoms with Crippen LogP contribution in [0.4, 0.5) is 0 Å². The van der Waals surface area contributed by atoms with Crippen LogP contribution in [0.15, 0.2) is 103 Å². The summed E-state index contributed by atoms with van der Waals surface area (Å²) in [7, 11) is 10.1. The van der Waals surface area contributed by atoms with Crippen molar-refractivity contribution >= 4 is 42.8 Å². The van der Waals surface area contributed by atoms with E-state index in [0.717, 1.165) is 19.3 Å². The molecule has 213 valence electrons. The van der Waals surface area contributed by atoms with Gasteiger partial charge in [0.2, 0.25) is 0 Å². The van der Waals surface area contributed by atoms with E-state index in [-0.39, 0.29) is 9.52 Å². The summed E-state index contributed by atoms with van der Waals surface area (Å²) in [6.07, 6.45) is 9.99. The quantitative estimate of drug-likeness (QED) is 0.0824. The Bertz CT molecular complexity index is 1160. The maximum Gasteiger partial charge on any atom is 0.103 e. The van der Waals surface area contributed by atoms with Crippen molar-refractivity contribution in [3.8, 4) is 11.1 Å². The predicted octanol–water partition coefficient (Wildman–Crippen LogP) is 9.21. The number of benzene rings is 4. The standard InChI is InChI=1S/C13H9.C12H11Si.C10H21NO.2ClH.Zr/c1-3-7-12-10(5-1)9-11-6-2-4-8-13(11)12;1-3-7-11(8-4-1)13-12-9-5-2-6-10-12;1-2-3-4-5-6-7-8-9-10(11)12;;;/h1-5,7-8H,9H2;1-10,13H;2-9H2,1H3,(H2,11,12);2*1H;/q-1;;;;;+4/p-3. The molecule has 5 rings (SSSR count). The fourth-order valence-corrected chi connectivity index (χ4v) is 5.75. The first-order valence-corrected chi connectivity index (χ1v) is 21.8. The van der Waals surface area contributed by atoms with Crippen LogP contribution in [0.3, 0.4) is 0 Å². The summed E-state index contributed by atoms with van der Waals surface area (Å²) in [5.41, 5.74) is 12.2. The second-order valence-electron chi connectivity index (χ2n) is 9.73. The molecule has 1 amide bonds. The number of nitrogens with one attached hydrogen (secondary N) is 1. The number of carbonyl (C=O) groups excluding carboxylic acids is 1. The summed E-state index contributed by atoms with van der Waals surface area (Å²) in [4.78, 5) is 10.2. The molecule has 41 heavy (non-hydrogen) atoms. The molecule has 0 aliphatic heterocycles. The van der Waals surface area contributed by atoms with Crippen molar-refractivity contribution in [1.29, 1.82) is 0 Å². The van der Waals surface area contributed by atoms with Gasteiger partial charge < -0.3 is 10.5 Å². The Morgan fingerprint density at radius 1 is 0.756 bits per heavy atom. The number of rotatable bonds is 10. The molecule has 1 aliphatic rings. The summed E-state index contributed by atoms with van der Waals surface area (Å²) in [5, 5.41) is 2.90. The first kappa shape index (κ1) is 35.2. The maximum absolute atomic E-state index is 10.2. The van der Waals surface area contributed by atoms with Gasteiger partial charge in [0.25, 0.3) is 0 Å². The van der Waals surface area contributed by atoms with Crippen molar-refractivity contribution in [1.82, 2.24) is 0 Å². The molecule has 1 N–H and O–H groups in total. The van der Waals surface area contributed by atoms with Gasteiger partial charge in [-0.3, -0.25) is 0 Å². The second kappa shape index (κ2) is 22.6. The Hall–Kier alpha value is -1.97. The third-order valence-corrected chi connectivity index (χ3v) is 7.99. The van der Waals surface area contributed by atoms with E-state index in [1.54, 1.807) is 0 Å². The second-order valence-corrected chi connectivity index (χ2v) is 15.1. The maximum atomic E-state index is 10.2. The largest absolute Gasteiger partial charge is 0.179 e. The average molecular weight is 681 g/mol. The Morgan fingerprint density at radius 2 is 1.27 bits per heavy atom. The Morgan fingerprint density at radius 3 is 1.85 bits per heavy atom. The first-order chi connectivity index (χ1) is 20.1. The molecule has 0 saturated carbocycles. The van der Waals surface area contributed by atoms with E-state index < -0.39 is 26.8 Å². The van der Waals surface area contributed by atoms with Crippen molar-refractivity contribution in [2.24, 2.45) is 0 Å². The number of fused-ring (bicyclic) bond motifs is 3. The monoisotopic (exact) mass is 678 g/mol. The molecule has 1 radical (unpaired) electrons. The van der Waals surface area contributed by atoms with Crippen molar-refractivity contribution in [2.45, 2.75) is 64.7 Å². The number of hydrogen-bond acceptors (Lipinski definition) is 1. The number of halogens is 2. The van der Waals surface area contributed by atoms with Gasteiger partial charge in [0.1, 0.15) is 9.52 Å². The van der Waals surface area contributed by atoms with Gasteiger partial charge in [0.05, 0.1) is 0 Å². The van der Waals surface area contributed by atoms with Crippen LogP contribution in [-0.4, -0.2) is 15.4 Å². The summed E-state index contributed by atoms with van der Waals surface area (Å²) in [6.45, 7) is 2.21. The summed E-state index contributed by atoms with van der Waals surface area (Å²) < 4.78 is 0. The van der Waals surface area contributed by atoms with Crippen LogP contribution in [0, 0.1) is 6.07 Å². The Labute approximate surface area is 268 Å². The molecule has 4 aromatic carbocycles. The van der Waals surface area contributed by atoms with E-state index in [2.05, 4.69) is 110 Å². The zero-order chi connectivity index (χ0) is 29.5. The van der Waals surface area contributed by atoms with E-state index in [1.165, 1.54) is 64.7 Å². The minimum absolute atomic E-state index is 0.271. The number of hydrogen-bond donors (Lipinski definition) is 0. The fraction of sp³-hybridized carbons (Fsp3) is 0.286. The zero-order valence-corrected chi connectivity index (χ0v) is 29.0. The van der Waals surface area contributed by atoms with Gasteiger partial charge in [-0.25, -0.2) is 0 Å². The van der Waals surface area contributed by atoms with E-state index in [1.807, 2.05) is 6.07 Å². The molecule has 1 aliphatic carbocycles.